The van der Waals surface area contributed by atoms with Crippen LogP contribution in [0.3, 0.4) is 0 Å². The number of imidazole rings is 1. The molecule has 1 aromatic carbocycles. The highest BCUT2D eigenvalue weighted by molar-refractivity contribution is 7.89. The van der Waals surface area contributed by atoms with Crippen LogP contribution < -0.4 is 0 Å². The first kappa shape index (κ1) is 19.9. The van der Waals surface area contributed by atoms with Crippen LogP contribution in [0.1, 0.15) is 23.7 Å². The first-order chi connectivity index (χ1) is 13.9. The molecule has 0 N–H and O–H groups in total. The van der Waals surface area contributed by atoms with Gasteiger partial charge in [-0.1, -0.05) is 0 Å². The molecule has 7 nitrogen and oxygen atoms in total. The van der Waals surface area contributed by atoms with Gasteiger partial charge in [-0.2, -0.15) is 4.31 Å². The zero-order valence-electron chi connectivity index (χ0n) is 16.4. The van der Waals surface area contributed by atoms with E-state index in [-0.39, 0.29) is 10.8 Å². The molecular formula is C20H23FN4O3S. The summed E-state index contributed by atoms with van der Waals surface area (Å²) in [6, 6.07) is 7.64. The smallest absolute Gasteiger partial charge is 0.243 e. The lowest BCUT2D eigenvalue weighted by Crippen LogP contribution is -2.29. The summed E-state index contributed by atoms with van der Waals surface area (Å²) in [6.45, 7) is 3.39. The molecule has 1 aliphatic heterocycles. The van der Waals surface area contributed by atoms with Gasteiger partial charge in [0, 0.05) is 38.9 Å². The Balaban J connectivity index is 1.63. The molecule has 0 unspecified atom stereocenters. The lowest BCUT2D eigenvalue weighted by atomic mass is 10.1. The summed E-state index contributed by atoms with van der Waals surface area (Å²) >= 11 is 0. The average molecular weight is 418 g/mol. The van der Waals surface area contributed by atoms with Gasteiger partial charge in [0.2, 0.25) is 10.0 Å². The molecule has 2 aromatic heterocycles. The van der Waals surface area contributed by atoms with E-state index >= 15 is 0 Å². The fraction of sp³-hybridized carbons (Fsp3) is 0.400. The molecular weight excluding hydrogens is 395 g/mol. The Labute approximate surface area is 169 Å². The van der Waals surface area contributed by atoms with Gasteiger partial charge < -0.3 is 9.30 Å². The van der Waals surface area contributed by atoms with Gasteiger partial charge in [0.05, 0.1) is 11.5 Å². The predicted octanol–water partition coefficient (Wildman–Crippen LogP) is 2.70. The summed E-state index contributed by atoms with van der Waals surface area (Å²) in [7, 11) is -2.05. The van der Waals surface area contributed by atoms with Crippen molar-refractivity contribution in [2.45, 2.75) is 30.7 Å². The number of aryl methyl sites for hydroxylation is 1. The van der Waals surface area contributed by atoms with Gasteiger partial charge in [0.15, 0.2) is 5.65 Å². The molecule has 1 fully saturated rings. The number of benzene rings is 1. The van der Waals surface area contributed by atoms with Crippen LogP contribution in [-0.4, -0.2) is 54.1 Å². The van der Waals surface area contributed by atoms with Crippen molar-refractivity contribution < 1.29 is 17.5 Å². The summed E-state index contributed by atoms with van der Waals surface area (Å²) in [5, 5.41) is 0. The fourth-order valence-electron chi connectivity index (χ4n) is 3.77. The quantitative estimate of drug-likeness (QED) is 0.615. The minimum atomic E-state index is -3.69. The van der Waals surface area contributed by atoms with Crippen molar-refractivity contribution in [1.29, 1.82) is 0 Å². The molecule has 154 valence electrons. The Bertz CT molecular complexity index is 1150. The monoisotopic (exact) mass is 418 g/mol. The summed E-state index contributed by atoms with van der Waals surface area (Å²) in [5.41, 5.74) is 1.87. The molecule has 0 saturated carbocycles. The maximum Gasteiger partial charge on any atom is 0.243 e. The minimum absolute atomic E-state index is 0.0441. The van der Waals surface area contributed by atoms with Crippen LogP contribution in [-0.2, 0) is 21.3 Å². The molecule has 4 rings (SSSR count). The summed E-state index contributed by atoms with van der Waals surface area (Å²) in [5.74, 6) is 0.365. The van der Waals surface area contributed by atoms with E-state index in [0.29, 0.717) is 38.2 Å². The summed E-state index contributed by atoms with van der Waals surface area (Å²) < 4.78 is 48.3. The number of fused-ring (bicyclic) bond motifs is 1. The highest BCUT2D eigenvalue weighted by Gasteiger charge is 2.35. The zero-order valence-corrected chi connectivity index (χ0v) is 17.2. The van der Waals surface area contributed by atoms with Crippen LogP contribution in [0.15, 0.2) is 41.4 Å². The highest BCUT2D eigenvalue weighted by Crippen LogP contribution is 2.32. The lowest BCUT2D eigenvalue weighted by molar-refractivity contribution is 0.187. The predicted molar refractivity (Wildman–Crippen MR) is 107 cm³/mol. The second-order valence-corrected chi connectivity index (χ2v) is 9.16. The summed E-state index contributed by atoms with van der Waals surface area (Å²) in [4.78, 5) is 9.29. The summed E-state index contributed by atoms with van der Waals surface area (Å²) in [6.07, 6.45) is 2.38. The molecule has 0 aliphatic carbocycles. The van der Waals surface area contributed by atoms with Crippen LogP contribution in [0.5, 0.6) is 0 Å². The third kappa shape index (κ3) is 3.65. The van der Waals surface area contributed by atoms with E-state index in [4.69, 9.17) is 9.72 Å². The van der Waals surface area contributed by atoms with Crippen molar-refractivity contribution in [3.63, 3.8) is 0 Å². The van der Waals surface area contributed by atoms with Gasteiger partial charge in [0.25, 0.3) is 0 Å². The van der Waals surface area contributed by atoms with Crippen LogP contribution >= 0.6 is 0 Å². The maximum atomic E-state index is 13.6. The second kappa shape index (κ2) is 7.81. The number of hydrogen-bond acceptors (Lipinski definition) is 5. The molecule has 0 spiro atoms. The van der Waals surface area contributed by atoms with Gasteiger partial charge in [-0.15, -0.1) is 0 Å². The molecule has 29 heavy (non-hydrogen) atoms. The van der Waals surface area contributed by atoms with E-state index in [1.54, 1.807) is 20.2 Å². The number of nitrogens with zero attached hydrogens (tertiary/aromatic N) is 4. The number of rotatable bonds is 6. The van der Waals surface area contributed by atoms with Crippen LogP contribution in [0.4, 0.5) is 4.39 Å². The molecule has 1 atom stereocenters. The normalized spacial score (nSPS) is 18.0. The van der Waals surface area contributed by atoms with E-state index < -0.39 is 15.8 Å². The Morgan fingerprint density at radius 2 is 2.14 bits per heavy atom. The van der Waals surface area contributed by atoms with Gasteiger partial charge >= 0.3 is 0 Å². The molecule has 0 radical (unpaired) electrons. The van der Waals surface area contributed by atoms with Crippen molar-refractivity contribution in [3.05, 3.63) is 53.7 Å². The number of hydrogen-bond donors (Lipinski definition) is 0. The lowest BCUT2D eigenvalue weighted by Gasteiger charge is -2.17. The first-order valence-corrected chi connectivity index (χ1v) is 10.9. The van der Waals surface area contributed by atoms with Crippen LogP contribution in [0, 0.1) is 12.7 Å². The van der Waals surface area contributed by atoms with Gasteiger partial charge in [-0.3, -0.25) is 0 Å². The van der Waals surface area contributed by atoms with E-state index in [9.17, 15) is 12.8 Å². The fourth-order valence-corrected chi connectivity index (χ4v) is 5.36. The van der Waals surface area contributed by atoms with Gasteiger partial charge in [-0.25, -0.2) is 22.8 Å². The van der Waals surface area contributed by atoms with Crippen molar-refractivity contribution in [2.24, 2.45) is 0 Å². The first-order valence-electron chi connectivity index (χ1n) is 9.48. The largest absolute Gasteiger partial charge is 0.383 e. The Morgan fingerprint density at radius 1 is 1.31 bits per heavy atom. The molecule has 0 bridgehead atoms. The standard InChI is InChI=1S/C20H23FN4O3S/c1-14-12-16(5-6-17(14)21)29(26,27)24-9-7-15(13-24)19-23-18-4-3-8-22-20(18)25(19)10-11-28-2/h3-6,8,12,15H,7,9-11,13H2,1-2H3/t15-/m0/s1. The molecule has 1 saturated heterocycles. The van der Waals surface area contributed by atoms with E-state index in [1.807, 2.05) is 16.7 Å². The second-order valence-electron chi connectivity index (χ2n) is 7.22. The third-order valence-corrected chi connectivity index (χ3v) is 7.20. The van der Waals surface area contributed by atoms with Crippen molar-refractivity contribution in [3.8, 4) is 0 Å². The number of ether oxygens (including phenoxy) is 1. The third-order valence-electron chi connectivity index (χ3n) is 5.34. The van der Waals surface area contributed by atoms with E-state index in [2.05, 4.69) is 4.98 Å². The van der Waals surface area contributed by atoms with Gasteiger partial charge in [0.1, 0.15) is 17.2 Å². The van der Waals surface area contributed by atoms with Crippen LogP contribution in [0.25, 0.3) is 11.2 Å². The van der Waals surface area contributed by atoms with Crippen molar-refractivity contribution >= 4 is 21.2 Å². The number of sulfonamides is 1. The Hall–Kier alpha value is -2.36. The number of halogens is 1. The Morgan fingerprint density at radius 3 is 2.90 bits per heavy atom. The number of pyridine rings is 1. The SMILES string of the molecule is COCCn1c([C@H]2CCN(S(=O)(=O)c3ccc(F)c(C)c3)C2)nc2cccnc21. The molecule has 9 heteroatoms. The maximum absolute atomic E-state index is 13.6. The van der Waals surface area contributed by atoms with E-state index in [1.165, 1.54) is 22.5 Å². The van der Waals surface area contributed by atoms with Crippen molar-refractivity contribution in [2.75, 3.05) is 26.8 Å². The highest BCUT2D eigenvalue weighted by atomic mass is 32.2. The van der Waals surface area contributed by atoms with Crippen LogP contribution in [0.2, 0.25) is 0 Å². The number of aromatic nitrogens is 3. The average Bonchev–Trinajstić information content (AvgIpc) is 3.33. The van der Waals surface area contributed by atoms with Crippen molar-refractivity contribution in [1.82, 2.24) is 18.8 Å². The molecule has 1 aliphatic rings. The molecule has 3 aromatic rings. The zero-order chi connectivity index (χ0) is 20.6. The molecule has 3 heterocycles. The molecule has 0 amide bonds. The van der Waals surface area contributed by atoms with Gasteiger partial charge in [-0.05, 0) is 49.2 Å². The Kier molecular flexibility index (Phi) is 5.37. The minimum Gasteiger partial charge on any atom is -0.383 e. The number of methoxy groups -OCH3 is 1. The van der Waals surface area contributed by atoms with E-state index in [0.717, 1.165) is 17.0 Å². The topological polar surface area (TPSA) is 77.3 Å².